The average molecular weight is 451 g/mol. The van der Waals surface area contributed by atoms with Gasteiger partial charge >= 0.3 is 6.01 Å². The second-order valence-corrected chi connectivity index (χ2v) is 8.34. The van der Waals surface area contributed by atoms with Gasteiger partial charge in [-0.1, -0.05) is 35.4 Å². The zero-order valence-electron chi connectivity index (χ0n) is 18.0. The summed E-state index contributed by atoms with van der Waals surface area (Å²) in [4.78, 5) is 0. The van der Waals surface area contributed by atoms with E-state index in [0.717, 1.165) is 19.4 Å². The van der Waals surface area contributed by atoms with E-state index in [1.54, 1.807) is 22.9 Å². The molecule has 33 heavy (non-hydrogen) atoms. The Balaban J connectivity index is 1.06. The van der Waals surface area contributed by atoms with Gasteiger partial charge in [0.2, 0.25) is 6.79 Å². The molecule has 10 nitrogen and oxygen atoms in total. The maximum atomic E-state index is 6.11. The zero-order valence-corrected chi connectivity index (χ0v) is 18.0. The second kappa shape index (κ2) is 8.97. The van der Waals surface area contributed by atoms with Crippen LogP contribution in [0.4, 0.5) is 0 Å². The number of nitrogens with one attached hydrogen (secondary N) is 1. The van der Waals surface area contributed by atoms with Crippen molar-refractivity contribution in [1.82, 2.24) is 25.5 Å². The fourth-order valence-electron chi connectivity index (χ4n) is 4.60. The fourth-order valence-corrected chi connectivity index (χ4v) is 4.60. The van der Waals surface area contributed by atoms with Gasteiger partial charge in [-0.25, -0.2) is 0 Å². The lowest BCUT2D eigenvalue weighted by Gasteiger charge is -2.18. The van der Waals surface area contributed by atoms with Crippen LogP contribution in [0.3, 0.4) is 0 Å². The summed E-state index contributed by atoms with van der Waals surface area (Å²) in [6, 6.07) is 16.1. The molecule has 2 fully saturated rings. The van der Waals surface area contributed by atoms with Crippen LogP contribution < -0.4 is 19.5 Å². The van der Waals surface area contributed by atoms with Gasteiger partial charge in [-0.05, 0) is 47.5 Å². The van der Waals surface area contributed by atoms with Gasteiger partial charge < -0.3 is 29.0 Å². The van der Waals surface area contributed by atoms with Gasteiger partial charge in [0.1, 0.15) is 24.0 Å². The number of benzene rings is 2. The molecule has 0 amide bonds. The molecule has 10 heteroatoms. The molecule has 0 bridgehead atoms. The number of rotatable bonds is 8. The number of hydrogen-bond acceptors (Lipinski definition) is 9. The number of hydrogen-bond donors (Lipinski definition) is 1. The monoisotopic (exact) mass is 451 g/mol. The molecule has 2 aromatic carbocycles. The average Bonchev–Trinajstić information content (AvgIpc) is 3.62. The minimum atomic E-state index is -0.162. The Hall–Kier alpha value is -3.21. The number of fused-ring (bicyclic) bond motifs is 2. The zero-order chi connectivity index (χ0) is 22.0. The summed E-state index contributed by atoms with van der Waals surface area (Å²) in [5.74, 6) is 1.89. The topological polar surface area (TPSA) is 102 Å². The molecule has 3 aromatic rings. The molecule has 3 aliphatic heterocycles. The van der Waals surface area contributed by atoms with Crippen molar-refractivity contribution in [2.24, 2.45) is 0 Å². The van der Waals surface area contributed by atoms with E-state index in [9.17, 15) is 0 Å². The van der Waals surface area contributed by atoms with E-state index in [4.69, 9.17) is 23.7 Å². The normalized spacial score (nSPS) is 25.3. The van der Waals surface area contributed by atoms with Gasteiger partial charge in [-0.15, -0.1) is 0 Å². The van der Waals surface area contributed by atoms with Crippen molar-refractivity contribution < 1.29 is 23.7 Å². The summed E-state index contributed by atoms with van der Waals surface area (Å²) in [5.41, 5.74) is 1.35. The van der Waals surface area contributed by atoms with Crippen LogP contribution in [0, 0.1) is 0 Å². The molecule has 4 unspecified atom stereocenters. The minimum Gasteiger partial charge on any atom is -0.454 e. The molecule has 1 aromatic heterocycles. The van der Waals surface area contributed by atoms with Crippen LogP contribution in [0.5, 0.6) is 23.3 Å². The Labute approximate surface area is 190 Å². The number of aryl methyl sites for hydroxylation is 1. The molecule has 4 atom stereocenters. The molecule has 172 valence electrons. The van der Waals surface area contributed by atoms with E-state index in [1.165, 1.54) is 5.56 Å². The van der Waals surface area contributed by atoms with Gasteiger partial charge in [0, 0.05) is 6.07 Å². The maximum Gasteiger partial charge on any atom is 0.341 e. The van der Waals surface area contributed by atoms with E-state index in [0.29, 0.717) is 30.5 Å². The highest BCUT2D eigenvalue weighted by molar-refractivity contribution is 5.47. The van der Waals surface area contributed by atoms with E-state index >= 15 is 0 Å². The molecule has 3 aliphatic rings. The smallest absolute Gasteiger partial charge is 0.341 e. The Morgan fingerprint density at radius 3 is 2.82 bits per heavy atom. The first-order chi connectivity index (χ1) is 16.3. The summed E-state index contributed by atoms with van der Waals surface area (Å²) in [6.07, 6.45) is 1.92. The standard InChI is InChI=1S/C23H25N5O5/c1-2-5-15(6-3-1)7-4-10-24-17-12-29-22-18(13-30-21(17)22)28-23(25-26-27-28)33-16-8-9-19-20(11-16)32-14-31-19/h1-3,5-6,8-9,11,17-18,21-22,24H,4,7,10,12-14H2. The largest absolute Gasteiger partial charge is 0.454 e. The number of nitrogens with zero attached hydrogens (tertiary/aromatic N) is 4. The van der Waals surface area contributed by atoms with Crippen molar-refractivity contribution >= 4 is 0 Å². The highest BCUT2D eigenvalue weighted by Crippen LogP contribution is 2.38. The van der Waals surface area contributed by atoms with Crippen LogP contribution in [0.1, 0.15) is 18.0 Å². The number of ether oxygens (including phenoxy) is 5. The molecular formula is C23H25N5O5. The first kappa shape index (κ1) is 20.4. The van der Waals surface area contributed by atoms with Gasteiger partial charge in [0.25, 0.3) is 0 Å². The number of aromatic nitrogens is 4. The van der Waals surface area contributed by atoms with E-state index in [1.807, 2.05) is 6.07 Å². The molecule has 6 rings (SSSR count). The predicted molar refractivity (Wildman–Crippen MR) is 116 cm³/mol. The lowest BCUT2D eigenvalue weighted by Crippen LogP contribution is -2.41. The summed E-state index contributed by atoms with van der Waals surface area (Å²) >= 11 is 0. The van der Waals surface area contributed by atoms with Gasteiger partial charge in [-0.2, -0.15) is 4.68 Å². The molecule has 2 saturated heterocycles. The lowest BCUT2D eigenvalue weighted by atomic mass is 10.1. The van der Waals surface area contributed by atoms with Gasteiger partial charge in [-0.3, -0.25) is 0 Å². The van der Waals surface area contributed by atoms with Crippen molar-refractivity contribution in [2.75, 3.05) is 26.6 Å². The molecular weight excluding hydrogens is 426 g/mol. The summed E-state index contributed by atoms with van der Waals surface area (Å²) in [5, 5.41) is 15.6. The van der Waals surface area contributed by atoms with Crippen molar-refractivity contribution in [1.29, 1.82) is 0 Å². The first-order valence-electron chi connectivity index (χ1n) is 11.2. The second-order valence-electron chi connectivity index (χ2n) is 8.34. The molecule has 0 radical (unpaired) electrons. The third-order valence-corrected chi connectivity index (χ3v) is 6.25. The Kier molecular flexibility index (Phi) is 5.54. The molecule has 0 spiro atoms. The van der Waals surface area contributed by atoms with Crippen molar-refractivity contribution in [3.63, 3.8) is 0 Å². The lowest BCUT2D eigenvalue weighted by molar-refractivity contribution is 0.0611. The Morgan fingerprint density at radius 2 is 1.88 bits per heavy atom. The quantitative estimate of drug-likeness (QED) is 0.516. The van der Waals surface area contributed by atoms with Crippen molar-refractivity contribution in [3.05, 3.63) is 54.1 Å². The molecule has 0 aliphatic carbocycles. The summed E-state index contributed by atoms with van der Waals surface area (Å²) in [7, 11) is 0. The van der Waals surface area contributed by atoms with E-state index < -0.39 is 0 Å². The predicted octanol–water partition coefficient (Wildman–Crippen LogP) is 2.12. The summed E-state index contributed by atoms with van der Waals surface area (Å²) in [6.45, 7) is 2.17. The van der Waals surface area contributed by atoms with Crippen LogP contribution in [0.15, 0.2) is 48.5 Å². The highest BCUT2D eigenvalue weighted by atomic mass is 16.7. The Bertz CT molecular complexity index is 1090. The molecule has 1 N–H and O–H groups in total. The first-order valence-corrected chi connectivity index (χ1v) is 11.2. The SMILES string of the molecule is c1ccc(CCCNC2COC3C2OCC3n2nnnc2Oc2ccc3c(c2)OCO3)cc1. The molecule has 4 heterocycles. The molecule has 0 saturated carbocycles. The van der Waals surface area contributed by atoms with E-state index in [-0.39, 0.29) is 37.1 Å². The van der Waals surface area contributed by atoms with Crippen LogP contribution in [0.2, 0.25) is 0 Å². The maximum absolute atomic E-state index is 6.11. The van der Waals surface area contributed by atoms with E-state index in [2.05, 4.69) is 45.1 Å². The van der Waals surface area contributed by atoms with Crippen molar-refractivity contribution in [3.8, 4) is 23.3 Å². The van der Waals surface area contributed by atoms with Crippen LogP contribution in [-0.2, 0) is 15.9 Å². The number of tetrazole rings is 1. The fraction of sp³-hybridized carbons (Fsp3) is 0.435. The van der Waals surface area contributed by atoms with Gasteiger partial charge in [0.05, 0.1) is 19.3 Å². The third kappa shape index (κ3) is 4.12. The van der Waals surface area contributed by atoms with Crippen molar-refractivity contribution in [2.45, 2.75) is 37.1 Å². The van der Waals surface area contributed by atoms with Crippen LogP contribution >= 0.6 is 0 Å². The third-order valence-electron chi connectivity index (χ3n) is 6.25. The Morgan fingerprint density at radius 1 is 1.00 bits per heavy atom. The van der Waals surface area contributed by atoms with Crippen LogP contribution in [-0.4, -0.2) is 65.0 Å². The summed E-state index contributed by atoms with van der Waals surface area (Å²) < 4.78 is 30.6. The highest BCUT2D eigenvalue weighted by Gasteiger charge is 2.49. The van der Waals surface area contributed by atoms with Gasteiger partial charge in [0.15, 0.2) is 11.5 Å². The van der Waals surface area contributed by atoms with Crippen LogP contribution in [0.25, 0.3) is 0 Å². The minimum absolute atomic E-state index is 0.0469.